The van der Waals surface area contributed by atoms with Gasteiger partial charge < -0.3 is 4.74 Å². The van der Waals surface area contributed by atoms with Crippen LogP contribution in [0.5, 0.6) is 0 Å². The molecule has 1 rings (SSSR count). The van der Waals surface area contributed by atoms with Crippen LogP contribution in [0.15, 0.2) is 12.2 Å². The Morgan fingerprint density at radius 1 is 1.15 bits per heavy atom. The third kappa shape index (κ3) is 4.18. The molecule has 0 aromatic rings. The van der Waals surface area contributed by atoms with Crippen molar-refractivity contribution in [3.8, 4) is 0 Å². The standard InChI is InChI=1S/C15H23NO4/c1-4-6-11(3)10-20-15(19)12(7-5-2)16-13(17)8-9-14(16)18/h8-9,11-12H,4-7,10H2,1-3H3. The summed E-state index contributed by atoms with van der Waals surface area (Å²) in [6, 6.07) is -0.802. The molecule has 5 heteroatoms. The first-order chi connectivity index (χ1) is 9.51. The highest BCUT2D eigenvalue weighted by molar-refractivity contribution is 6.14. The molecule has 0 bridgehead atoms. The van der Waals surface area contributed by atoms with E-state index in [9.17, 15) is 14.4 Å². The van der Waals surface area contributed by atoms with Crippen molar-refractivity contribution < 1.29 is 19.1 Å². The quantitative estimate of drug-likeness (QED) is 0.504. The second-order valence-electron chi connectivity index (χ2n) is 5.21. The summed E-state index contributed by atoms with van der Waals surface area (Å²) in [6.45, 7) is 6.32. The van der Waals surface area contributed by atoms with E-state index in [-0.39, 0.29) is 5.92 Å². The van der Waals surface area contributed by atoms with Crippen molar-refractivity contribution >= 4 is 17.8 Å². The van der Waals surface area contributed by atoms with Gasteiger partial charge in [0.15, 0.2) is 0 Å². The van der Waals surface area contributed by atoms with E-state index in [0.29, 0.717) is 19.4 Å². The number of rotatable bonds is 8. The third-order valence-electron chi connectivity index (χ3n) is 3.28. The maximum absolute atomic E-state index is 12.1. The summed E-state index contributed by atoms with van der Waals surface area (Å²) >= 11 is 0. The molecule has 2 unspecified atom stereocenters. The van der Waals surface area contributed by atoms with Crippen molar-refractivity contribution in [3.05, 3.63) is 12.2 Å². The molecule has 1 heterocycles. The Kier molecular flexibility index (Phi) is 6.42. The van der Waals surface area contributed by atoms with Gasteiger partial charge in [-0.05, 0) is 18.8 Å². The molecular weight excluding hydrogens is 258 g/mol. The number of esters is 1. The summed E-state index contributed by atoms with van der Waals surface area (Å²) in [5.74, 6) is -1.08. The van der Waals surface area contributed by atoms with Gasteiger partial charge >= 0.3 is 5.97 Å². The largest absolute Gasteiger partial charge is 0.464 e. The predicted molar refractivity (Wildman–Crippen MR) is 74.7 cm³/mol. The van der Waals surface area contributed by atoms with E-state index >= 15 is 0 Å². The van der Waals surface area contributed by atoms with E-state index in [2.05, 4.69) is 6.92 Å². The van der Waals surface area contributed by atoms with Crippen molar-refractivity contribution in [1.82, 2.24) is 4.90 Å². The van der Waals surface area contributed by atoms with Gasteiger partial charge in [0.1, 0.15) is 6.04 Å². The second kappa shape index (κ2) is 7.82. The molecule has 0 radical (unpaired) electrons. The van der Waals surface area contributed by atoms with Crippen LogP contribution < -0.4 is 0 Å². The topological polar surface area (TPSA) is 63.7 Å². The zero-order chi connectivity index (χ0) is 15.1. The molecule has 2 atom stereocenters. The van der Waals surface area contributed by atoms with Crippen LogP contribution in [-0.4, -0.2) is 35.3 Å². The van der Waals surface area contributed by atoms with E-state index in [1.165, 1.54) is 12.2 Å². The average molecular weight is 281 g/mol. The van der Waals surface area contributed by atoms with Crippen LogP contribution in [0.3, 0.4) is 0 Å². The van der Waals surface area contributed by atoms with Gasteiger partial charge in [-0.3, -0.25) is 14.5 Å². The number of carbonyl (C=O) groups is 3. The van der Waals surface area contributed by atoms with Gasteiger partial charge in [0.2, 0.25) is 0 Å². The maximum atomic E-state index is 12.1. The van der Waals surface area contributed by atoms with Gasteiger partial charge in [-0.2, -0.15) is 0 Å². The maximum Gasteiger partial charge on any atom is 0.329 e. The SMILES string of the molecule is CCCC(C)COC(=O)C(CCC)N1C(=O)C=CC1=O. The lowest BCUT2D eigenvalue weighted by Crippen LogP contribution is -2.46. The minimum absolute atomic E-state index is 0.286. The minimum atomic E-state index is -0.802. The third-order valence-corrected chi connectivity index (χ3v) is 3.28. The lowest BCUT2D eigenvalue weighted by Gasteiger charge is -2.24. The normalized spacial score (nSPS) is 17.4. The first-order valence-electron chi connectivity index (χ1n) is 7.23. The van der Waals surface area contributed by atoms with Crippen molar-refractivity contribution in [2.75, 3.05) is 6.61 Å². The Hall–Kier alpha value is -1.65. The summed E-state index contributed by atoms with van der Waals surface area (Å²) in [5, 5.41) is 0. The van der Waals surface area contributed by atoms with Crippen molar-refractivity contribution in [3.63, 3.8) is 0 Å². The number of hydrogen-bond donors (Lipinski definition) is 0. The van der Waals surface area contributed by atoms with Crippen molar-refractivity contribution in [2.45, 2.75) is 52.5 Å². The van der Waals surface area contributed by atoms with E-state index in [0.717, 1.165) is 17.7 Å². The van der Waals surface area contributed by atoms with E-state index in [1.807, 2.05) is 13.8 Å². The zero-order valence-corrected chi connectivity index (χ0v) is 12.4. The summed E-state index contributed by atoms with van der Waals surface area (Å²) in [6.07, 6.45) is 5.52. The molecule has 0 fully saturated rings. The van der Waals surface area contributed by atoms with Crippen molar-refractivity contribution in [1.29, 1.82) is 0 Å². The Morgan fingerprint density at radius 2 is 1.70 bits per heavy atom. The fourth-order valence-electron chi connectivity index (χ4n) is 2.24. The number of hydrogen-bond acceptors (Lipinski definition) is 4. The van der Waals surface area contributed by atoms with Crippen LogP contribution in [-0.2, 0) is 19.1 Å². The first-order valence-corrected chi connectivity index (χ1v) is 7.23. The molecule has 2 amide bonds. The Bertz CT molecular complexity index is 385. The van der Waals surface area contributed by atoms with Crippen LogP contribution in [0, 0.1) is 5.92 Å². The van der Waals surface area contributed by atoms with Crippen LogP contribution in [0.2, 0.25) is 0 Å². The fraction of sp³-hybridized carbons (Fsp3) is 0.667. The van der Waals surface area contributed by atoms with E-state index < -0.39 is 23.8 Å². The van der Waals surface area contributed by atoms with E-state index in [1.54, 1.807) is 0 Å². The smallest absolute Gasteiger partial charge is 0.329 e. The molecule has 5 nitrogen and oxygen atoms in total. The molecule has 1 aliphatic rings. The summed E-state index contributed by atoms with van der Waals surface area (Å²) in [7, 11) is 0. The lowest BCUT2D eigenvalue weighted by molar-refractivity contribution is -0.158. The molecule has 0 aliphatic carbocycles. The van der Waals surface area contributed by atoms with Gasteiger partial charge in [0.25, 0.3) is 11.8 Å². The number of carbonyl (C=O) groups excluding carboxylic acids is 3. The van der Waals surface area contributed by atoms with Gasteiger partial charge in [-0.15, -0.1) is 0 Å². The van der Waals surface area contributed by atoms with Gasteiger partial charge in [-0.1, -0.05) is 33.6 Å². The molecule has 0 saturated carbocycles. The average Bonchev–Trinajstić information content (AvgIpc) is 2.73. The second-order valence-corrected chi connectivity index (χ2v) is 5.21. The molecule has 0 spiro atoms. The Morgan fingerprint density at radius 3 is 2.20 bits per heavy atom. The summed E-state index contributed by atoms with van der Waals surface area (Å²) in [4.78, 5) is 36.4. The molecule has 112 valence electrons. The summed E-state index contributed by atoms with van der Waals surface area (Å²) < 4.78 is 5.27. The lowest BCUT2D eigenvalue weighted by atomic mass is 10.1. The molecule has 0 saturated heterocycles. The van der Waals surface area contributed by atoms with Crippen molar-refractivity contribution in [2.24, 2.45) is 5.92 Å². The minimum Gasteiger partial charge on any atom is -0.464 e. The number of nitrogens with zero attached hydrogens (tertiary/aromatic N) is 1. The van der Waals surface area contributed by atoms with Crippen LogP contribution >= 0.6 is 0 Å². The molecular formula is C15H23NO4. The van der Waals surface area contributed by atoms with Gasteiger partial charge in [-0.25, -0.2) is 4.79 Å². The van der Waals surface area contributed by atoms with Gasteiger partial charge in [0.05, 0.1) is 6.61 Å². The highest BCUT2D eigenvalue weighted by atomic mass is 16.5. The first kappa shape index (κ1) is 16.4. The molecule has 1 aliphatic heterocycles. The number of ether oxygens (including phenoxy) is 1. The van der Waals surface area contributed by atoms with Crippen LogP contribution in [0.4, 0.5) is 0 Å². The molecule has 0 aromatic carbocycles. The van der Waals surface area contributed by atoms with Crippen LogP contribution in [0.25, 0.3) is 0 Å². The summed E-state index contributed by atoms with van der Waals surface area (Å²) in [5.41, 5.74) is 0. The Balaban J connectivity index is 2.64. The van der Waals surface area contributed by atoms with Gasteiger partial charge in [0, 0.05) is 12.2 Å². The highest BCUT2D eigenvalue weighted by Gasteiger charge is 2.36. The fourth-order valence-corrected chi connectivity index (χ4v) is 2.24. The predicted octanol–water partition coefficient (Wildman–Crippen LogP) is 2.06. The Labute approximate surface area is 120 Å². The van der Waals surface area contributed by atoms with Crippen LogP contribution in [0.1, 0.15) is 46.5 Å². The molecule has 0 N–H and O–H groups in total. The molecule has 0 aromatic heterocycles. The number of imide groups is 1. The zero-order valence-electron chi connectivity index (χ0n) is 12.4. The number of amides is 2. The monoisotopic (exact) mass is 281 g/mol. The highest BCUT2D eigenvalue weighted by Crippen LogP contribution is 2.16. The molecule has 20 heavy (non-hydrogen) atoms. The van der Waals surface area contributed by atoms with E-state index in [4.69, 9.17) is 4.74 Å².